The van der Waals surface area contributed by atoms with Crippen molar-refractivity contribution in [3.05, 3.63) is 65.6 Å². The van der Waals surface area contributed by atoms with Crippen molar-refractivity contribution in [3.63, 3.8) is 0 Å². The second kappa shape index (κ2) is 8.30. The van der Waals surface area contributed by atoms with Crippen LogP contribution in [-0.4, -0.2) is 30.4 Å². The van der Waals surface area contributed by atoms with Crippen LogP contribution in [0, 0.1) is 0 Å². The molecule has 0 spiro atoms. The van der Waals surface area contributed by atoms with Crippen LogP contribution in [0.15, 0.2) is 49.2 Å². The molecule has 176 valence electrons. The van der Waals surface area contributed by atoms with Crippen LogP contribution in [0.1, 0.15) is 37.1 Å². The summed E-state index contributed by atoms with van der Waals surface area (Å²) in [6.07, 6.45) is 5.01. The molecule has 0 bridgehead atoms. The molecule has 4 N–H and O–H groups in total. The SMILES string of the molecule is NC1CCC(N)(c2ncc(Cl)c(-c3cnc4c(-c5cccnc5)cc(C(F)(F)F)cn34)n2)CC1. The summed E-state index contributed by atoms with van der Waals surface area (Å²) in [7, 11) is 0. The Kier molecular flexibility index (Phi) is 5.54. The van der Waals surface area contributed by atoms with Crippen molar-refractivity contribution in [2.24, 2.45) is 11.5 Å². The topological polar surface area (TPSA) is 108 Å². The molecule has 0 aliphatic heterocycles. The highest BCUT2D eigenvalue weighted by molar-refractivity contribution is 6.32. The lowest BCUT2D eigenvalue weighted by molar-refractivity contribution is -0.137. The zero-order chi connectivity index (χ0) is 24.1. The number of hydrogen-bond donors (Lipinski definition) is 2. The van der Waals surface area contributed by atoms with Crippen molar-refractivity contribution in [1.82, 2.24) is 24.3 Å². The molecule has 4 heterocycles. The first-order valence-corrected chi connectivity index (χ1v) is 11.1. The Morgan fingerprint density at radius 2 is 1.88 bits per heavy atom. The minimum absolute atomic E-state index is 0.0777. The summed E-state index contributed by atoms with van der Waals surface area (Å²) in [5.41, 5.74) is 12.7. The van der Waals surface area contributed by atoms with Crippen molar-refractivity contribution < 1.29 is 13.2 Å². The highest BCUT2D eigenvalue weighted by Crippen LogP contribution is 2.38. The van der Waals surface area contributed by atoms with Gasteiger partial charge in [-0.15, -0.1) is 0 Å². The highest BCUT2D eigenvalue weighted by atomic mass is 35.5. The molecule has 1 saturated carbocycles. The van der Waals surface area contributed by atoms with Gasteiger partial charge in [0.15, 0.2) is 0 Å². The molecule has 1 aliphatic carbocycles. The summed E-state index contributed by atoms with van der Waals surface area (Å²) in [5, 5.41) is 0.182. The van der Waals surface area contributed by atoms with Crippen LogP contribution < -0.4 is 11.5 Å². The summed E-state index contributed by atoms with van der Waals surface area (Å²) in [5.74, 6) is 0.383. The molecule has 0 amide bonds. The summed E-state index contributed by atoms with van der Waals surface area (Å²) < 4.78 is 42.7. The van der Waals surface area contributed by atoms with E-state index in [0.717, 1.165) is 25.1 Å². The molecule has 0 unspecified atom stereocenters. The Hall–Kier alpha value is -3.08. The largest absolute Gasteiger partial charge is 0.417 e. The van der Waals surface area contributed by atoms with Crippen LogP contribution in [0.5, 0.6) is 0 Å². The fraction of sp³-hybridized carbons (Fsp3) is 0.304. The van der Waals surface area contributed by atoms with Crippen molar-refractivity contribution in [2.45, 2.75) is 43.4 Å². The average molecular weight is 488 g/mol. The Bertz CT molecular complexity index is 1350. The average Bonchev–Trinajstić information content (AvgIpc) is 3.25. The first kappa shape index (κ1) is 22.7. The number of halogens is 4. The molecule has 5 rings (SSSR count). The van der Waals surface area contributed by atoms with E-state index in [9.17, 15) is 13.2 Å². The number of alkyl halides is 3. The van der Waals surface area contributed by atoms with Crippen molar-refractivity contribution in [3.8, 4) is 22.5 Å². The van der Waals surface area contributed by atoms with Crippen LogP contribution in [0.2, 0.25) is 5.02 Å². The minimum Gasteiger partial charge on any atom is -0.328 e. The van der Waals surface area contributed by atoms with Gasteiger partial charge in [-0.2, -0.15) is 13.2 Å². The molecule has 1 aliphatic rings. The van der Waals surface area contributed by atoms with Crippen LogP contribution in [0.3, 0.4) is 0 Å². The van der Waals surface area contributed by atoms with Crippen LogP contribution in [0.4, 0.5) is 13.2 Å². The third kappa shape index (κ3) is 4.02. The molecule has 11 heteroatoms. The summed E-state index contributed by atoms with van der Waals surface area (Å²) in [4.78, 5) is 17.4. The van der Waals surface area contributed by atoms with Gasteiger partial charge in [-0.1, -0.05) is 17.7 Å². The van der Waals surface area contributed by atoms with Crippen LogP contribution >= 0.6 is 11.6 Å². The second-order valence-electron chi connectivity index (χ2n) is 8.60. The van der Waals surface area contributed by atoms with E-state index < -0.39 is 17.3 Å². The van der Waals surface area contributed by atoms with E-state index in [2.05, 4.69) is 19.9 Å². The van der Waals surface area contributed by atoms with Gasteiger partial charge in [0.05, 0.1) is 28.0 Å². The maximum absolute atomic E-state index is 13.8. The standard InChI is InChI=1S/C23H21ClF3N7/c24-17-10-32-21(22(29)5-3-15(28)4-6-22)33-19(17)18-11-31-20-16(13-2-1-7-30-9-13)8-14(12-34(18)20)23(25,26)27/h1-2,7-12,15H,3-6,28-29H2. The monoisotopic (exact) mass is 487 g/mol. The van der Waals surface area contributed by atoms with Gasteiger partial charge in [0.1, 0.15) is 17.2 Å². The fourth-order valence-corrected chi connectivity index (χ4v) is 4.51. The van der Waals surface area contributed by atoms with Gasteiger partial charge in [0.2, 0.25) is 0 Å². The van der Waals surface area contributed by atoms with E-state index in [4.69, 9.17) is 23.1 Å². The summed E-state index contributed by atoms with van der Waals surface area (Å²) in [6.45, 7) is 0. The number of rotatable bonds is 3. The third-order valence-electron chi connectivity index (χ3n) is 6.26. The lowest BCUT2D eigenvalue weighted by atomic mass is 9.80. The van der Waals surface area contributed by atoms with E-state index in [-0.39, 0.29) is 22.3 Å². The molecule has 34 heavy (non-hydrogen) atoms. The van der Waals surface area contributed by atoms with E-state index in [1.54, 1.807) is 18.3 Å². The lowest BCUT2D eigenvalue weighted by Gasteiger charge is -2.34. The first-order valence-electron chi connectivity index (χ1n) is 10.7. The predicted molar refractivity (Wildman–Crippen MR) is 122 cm³/mol. The minimum atomic E-state index is -4.57. The van der Waals surface area contributed by atoms with E-state index in [1.165, 1.54) is 23.0 Å². The first-order chi connectivity index (χ1) is 16.2. The normalized spacial score (nSPS) is 21.2. The molecule has 4 aromatic rings. The number of hydrogen-bond acceptors (Lipinski definition) is 6. The second-order valence-corrected chi connectivity index (χ2v) is 9.01. The van der Waals surface area contributed by atoms with E-state index in [0.29, 0.717) is 35.6 Å². The fourth-order valence-electron chi connectivity index (χ4n) is 4.32. The Balaban J connectivity index is 1.70. The van der Waals surface area contributed by atoms with Gasteiger partial charge in [0.25, 0.3) is 0 Å². The smallest absolute Gasteiger partial charge is 0.328 e. The van der Waals surface area contributed by atoms with Gasteiger partial charge in [0, 0.05) is 42.0 Å². The molecular weight excluding hydrogens is 467 g/mol. The molecule has 0 radical (unpaired) electrons. The molecule has 0 aromatic carbocycles. The predicted octanol–water partition coefficient (Wildman–Crippen LogP) is 4.58. The number of nitrogens with zero attached hydrogens (tertiary/aromatic N) is 5. The zero-order valence-electron chi connectivity index (χ0n) is 17.9. The molecule has 1 fully saturated rings. The van der Waals surface area contributed by atoms with Gasteiger partial charge < -0.3 is 11.5 Å². The van der Waals surface area contributed by atoms with Gasteiger partial charge in [-0.25, -0.2) is 15.0 Å². The number of aromatic nitrogens is 5. The van der Waals surface area contributed by atoms with Gasteiger partial charge in [-0.3, -0.25) is 9.38 Å². The van der Waals surface area contributed by atoms with Gasteiger partial charge >= 0.3 is 6.18 Å². The molecular formula is C23H21ClF3N7. The Morgan fingerprint density at radius 3 is 2.56 bits per heavy atom. The quantitative estimate of drug-likeness (QED) is 0.438. The van der Waals surface area contributed by atoms with Crippen molar-refractivity contribution in [1.29, 1.82) is 0 Å². The Labute approximate surface area is 198 Å². The highest BCUT2D eigenvalue weighted by Gasteiger charge is 2.36. The third-order valence-corrected chi connectivity index (χ3v) is 6.54. The lowest BCUT2D eigenvalue weighted by Crippen LogP contribution is -2.45. The number of fused-ring (bicyclic) bond motifs is 1. The molecule has 7 nitrogen and oxygen atoms in total. The molecule has 4 aromatic heterocycles. The maximum Gasteiger partial charge on any atom is 0.417 e. The summed E-state index contributed by atoms with van der Waals surface area (Å²) >= 11 is 6.42. The van der Waals surface area contributed by atoms with E-state index >= 15 is 0 Å². The van der Waals surface area contributed by atoms with Gasteiger partial charge in [-0.05, 0) is 37.8 Å². The number of pyridine rings is 2. The van der Waals surface area contributed by atoms with Crippen LogP contribution in [-0.2, 0) is 11.7 Å². The summed E-state index contributed by atoms with van der Waals surface area (Å²) in [6, 6.07) is 4.48. The Morgan fingerprint density at radius 1 is 1.12 bits per heavy atom. The van der Waals surface area contributed by atoms with Crippen molar-refractivity contribution in [2.75, 3.05) is 0 Å². The van der Waals surface area contributed by atoms with Crippen molar-refractivity contribution >= 4 is 17.2 Å². The zero-order valence-corrected chi connectivity index (χ0v) is 18.7. The number of nitrogens with two attached hydrogens (primary N) is 2. The number of imidazole rings is 1. The maximum atomic E-state index is 13.8. The molecule has 0 saturated heterocycles. The van der Waals surface area contributed by atoms with Crippen LogP contribution in [0.25, 0.3) is 28.2 Å². The molecule has 0 atom stereocenters. The van der Waals surface area contributed by atoms with E-state index in [1.807, 2.05) is 0 Å².